The molecule has 2 aromatic heterocycles. The van der Waals surface area contributed by atoms with Crippen LogP contribution in [0.15, 0.2) is 63.4 Å². The molecule has 0 saturated heterocycles. The number of nitrogens with zero attached hydrogens (tertiary/aromatic N) is 2. The third-order valence-corrected chi connectivity index (χ3v) is 4.34. The molecule has 0 saturated carbocycles. The fourth-order valence-electron chi connectivity index (χ4n) is 2.05. The van der Waals surface area contributed by atoms with Crippen molar-refractivity contribution in [3.63, 3.8) is 0 Å². The minimum Gasteiger partial charge on any atom is -0.507 e. The van der Waals surface area contributed by atoms with Crippen LogP contribution in [0.3, 0.4) is 0 Å². The van der Waals surface area contributed by atoms with Gasteiger partial charge in [0.2, 0.25) is 5.78 Å². The maximum atomic E-state index is 13.1. The number of halogens is 3. The predicted molar refractivity (Wildman–Crippen MR) is 85.6 cm³/mol. The van der Waals surface area contributed by atoms with Gasteiger partial charge >= 0.3 is 6.18 Å². The molecule has 0 amide bonds. The summed E-state index contributed by atoms with van der Waals surface area (Å²) in [5.74, 6) is -1.20. The quantitative estimate of drug-likeness (QED) is 0.388. The van der Waals surface area contributed by atoms with Crippen molar-refractivity contribution in [3.05, 3.63) is 66.1 Å². The summed E-state index contributed by atoms with van der Waals surface area (Å²) in [6.07, 6.45) is -0.182. The van der Waals surface area contributed by atoms with Crippen LogP contribution in [-0.2, 0) is 6.18 Å². The van der Waals surface area contributed by atoms with Gasteiger partial charge in [-0.2, -0.15) is 18.3 Å². The van der Waals surface area contributed by atoms with E-state index >= 15 is 0 Å². The summed E-state index contributed by atoms with van der Waals surface area (Å²) >= 11 is 0.766. The zero-order valence-electron chi connectivity index (χ0n) is 12.8. The van der Waals surface area contributed by atoms with Gasteiger partial charge < -0.3 is 9.52 Å². The van der Waals surface area contributed by atoms with Crippen LogP contribution in [0.2, 0.25) is 0 Å². The Hall–Kier alpha value is -3.01. The number of allylic oxidation sites excluding steroid dienone is 1. The van der Waals surface area contributed by atoms with Crippen molar-refractivity contribution in [1.82, 2.24) is 15.2 Å². The number of carbonyl (C=O) groups excluding carboxylic acids is 1. The summed E-state index contributed by atoms with van der Waals surface area (Å²) in [6, 6.07) is 5.03. The van der Waals surface area contributed by atoms with Crippen molar-refractivity contribution in [2.45, 2.75) is 16.0 Å². The summed E-state index contributed by atoms with van der Waals surface area (Å²) in [6.45, 7) is 0. The fourth-order valence-corrected chi connectivity index (χ4v) is 3.10. The molecule has 1 aromatic carbocycles. The van der Waals surface area contributed by atoms with Gasteiger partial charge in [-0.15, -0.1) is 0 Å². The van der Waals surface area contributed by atoms with Crippen LogP contribution in [0.25, 0.3) is 5.76 Å². The number of aromatic amines is 1. The van der Waals surface area contributed by atoms with E-state index in [0.717, 1.165) is 36.5 Å². The second kappa shape index (κ2) is 7.08. The lowest BCUT2D eigenvalue weighted by molar-refractivity contribution is -0.139. The van der Waals surface area contributed by atoms with Gasteiger partial charge in [-0.3, -0.25) is 9.89 Å². The highest BCUT2D eigenvalue weighted by atomic mass is 32.2. The molecule has 134 valence electrons. The lowest BCUT2D eigenvalue weighted by Gasteiger charge is -2.11. The van der Waals surface area contributed by atoms with E-state index < -0.39 is 23.3 Å². The topological polar surface area (TPSA) is 92.0 Å². The Bertz CT molecular complexity index is 949. The Morgan fingerprint density at radius 1 is 1.23 bits per heavy atom. The van der Waals surface area contributed by atoms with Crippen LogP contribution < -0.4 is 0 Å². The molecule has 0 fully saturated rings. The number of aromatic nitrogens is 3. The van der Waals surface area contributed by atoms with Crippen LogP contribution in [0.5, 0.6) is 0 Å². The van der Waals surface area contributed by atoms with E-state index in [4.69, 9.17) is 4.42 Å². The summed E-state index contributed by atoms with van der Waals surface area (Å²) in [4.78, 5) is 15.7. The maximum absolute atomic E-state index is 13.1. The molecule has 0 bridgehead atoms. The standard InChI is InChI=1S/C16H10F3N3O3S/c17-16(18,19)10-3-1-2-4-13(10)26-14-7-25-6-9(14)11(23)5-12(24)15-20-8-21-22-15/h1-8,23H,(H,20,21,22). The Labute approximate surface area is 148 Å². The van der Waals surface area contributed by atoms with Crippen LogP contribution in [0.1, 0.15) is 21.7 Å². The van der Waals surface area contributed by atoms with Crippen molar-refractivity contribution in [3.8, 4) is 0 Å². The summed E-state index contributed by atoms with van der Waals surface area (Å²) in [5, 5.41) is 16.0. The number of alkyl halides is 3. The lowest BCUT2D eigenvalue weighted by atomic mass is 10.2. The van der Waals surface area contributed by atoms with Crippen LogP contribution in [0.4, 0.5) is 13.2 Å². The van der Waals surface area contributed by atoms with Crippen molar-refractivity contribution in [1.29, 1.82) is 0 Å². The summed E-state index contributed by atoms with van der Waals surface area (Å²) < 4.78 is 44.3. The third-order valence-electron chi connectivity index (χ3n) is 3.23. The number of ketones is 1. The SMILES string of the molecule is O=C(C=C(O)c1cocc1Sc1ccccc1C(F)(F)F)c1ncn[nH]1. The van der Waals surface area contributed by atoms with Gasteiger partial charge in [0, 0.05) is 11.0 Å². The smallest absolute Gasteiger partial charge is 0.417 e. The third kappa shape index (κ3) is 3.80. The van der Waals surface area contributed by atoms with Crippen LogP contribution in [-0.4, -0.2) is 26.1 Å². The zero-order valence-corrected chi connectivity index (χ0v) is 13.6. The largest absolute Gasteiger partial charge is 0.507 e. The molecule has 0 radical (unpaired) electrons. The minimum absolute atomic E-state index is 0.0583. The fraction of sp³-hybridized carbons (Fsp3) is 0.0625. The van der Waals surface area contributed by atoms with E-state index in [1.165, 1.54) is 24.5 Å². The van der Waals surface area contributed by atoms with Gasteiger partial charge in [0.1, 0.15) is 24.6 Å². The highest BCUT2D eigenvalue weighted by molar-refractivity contribution is 7.99. The molecule has 0 aliphatic carbocycles. The van der Waals surface area contributed by atoms with Crippen molar-refractivity contribution >= 4 is 23.3 Å². The number of hydrogen-bond acceptors (Lipinski definition) is 6. The number of aliphatic hydroxyl groups excluding tert-OH is 1. The second-order valence-corrected chi connectivity index (χ2v) is 6.06. The monoisotopic (exact) mass is 381 g/mol. The van der Waals surface area contributed by atoms with Gasteiger partial charge in [-0.1, -0.05) is 23.9 Å². The van der Waals surface area contributed by atoms with E-state index in [1.807, 2.05) is 0 Å². The molecule has 10 heteroatoms. The number of carbonyl (C=O) groups is 1. The predicted octanol–water partition coefficient (Wildman–Crippen LogP) is 4.35. The van der Waals surface area contributed by atoms with Crippen LogP contribution in [0, 0.1) is 0 Å². The van der Waals surface area contributed by atoms with Gasteiger partial charge in [0.05, 0.1) is 16.0 Å². The first-order valence-electron chi connectivity index (χ1n) is 7.07. The van der Waals surface area contributed by atoms with E-state index in [-0.39, 0.29) is 21.2 Å². The molecule has 3 rings (SSSR count). The van der Waals surface area contributed by atoms with E-state index in [0.29, 0.717) is 0 Å². The maximum Gasteiger partial charge on any atom is 0.417 e. The summed E-state index contributed by atoms with van der Waals surface area (Å²) in [5.41, 5.74) is -0.724. The van der Waals surface area contributed by atoms with E-state index in [1.54, 1.807) is 0 Å². The molecule has 3 aromatic rings. The molecule has 0 atom stereocenters. The molecular weight excluding hydrogens is 371 g/mol. The number of aliphatic hydroxyl groups is 1. The molecule has 6 nitrogen and oxygen atoms in total. The number of furan rings is 1. The van der Waals surface area contributed by atoms with Gasteiger partial charge in [0.15, 0.2) is 5.82 Å². The highest BCUT2D eigenvalue weighted by Crippen LogP contribution is 2.41. The van der Waals surface area contributed by atoms with Gasteiger partial charge in [-0.25, -0.2) is 4.98 Å². The Morgan fingerprint density at radius 3 is 2.69 bits per heavy atom. The Balaban J connectivity index is 1.89. The number of H-pyrrole nitrogens is 1. The number of hydrogen-bond donors (Lipinski definition) is 2. The Morgan fingerprint density at radius 2 is 2.00 bits per heavy atom. The summed E-state index contributed by atoms with van der Waals surface area (Å²) in [7, 11) is 0. The average Bonchev–Trinajstić information content (AvgIpc) is 3.26. The van der Waals surface area contributed by atoms with E-state index in [9.17, 15) is 23.1 Å². The minimum atomic E-state index is -4.52. The lowest BCUT2D eigenvalue weighted by Crippen LogP contribution is -2.06. The molecule has 26 heavy (non-hydrogen) atoms. The molecule has 0 spiro atoms. The first-order valence-corrected chi connectivity index (χ1v) is 7.89. The molecule has 2 heterocycles. The van der Waals surface area contributed by atoms with Crippen molar-refractivity contribution in [2.75, 3.05) is 0 Å². The van der Waals surface area contributed by atoms with Gasteiger partial charge in [-0.05, 0) is 12.1 Å². The molecule has 0 unspecified atom stereocenters. The number of rotatable bonds is 5. The molecule has 2 N–H and O–H groups in total. The second-order valence-electron chi connectivity index (χ2n) is 4.97. The van der Waals surface area contributed by atoms with E-state index in [2.05, 4.69) is 15.2 Å². The van der Waals surface area contributed by atoms with Gasteiger partial charge in [0.25, 0.3) is 0 Å². The molecule has 0 aliphatic heterocycles. The number of nitrogens with one attached hydrogen (secondary N) is 1. The van der Waals surface area contributed by atoms with Crippen molar-refractivity contribution < 1.29 is 27.5 Å². The average molecular weight is 381 g/mol. The number of benzene rings is 1. The first kappa shape index (κ1) is 17.8. The Kier molecular flexibility index (Phi) is 4.85. The normalized spacial score (nSPS) is 12.3. The first-order chi connectivity index (χ1) is 12.4. The highest BCUT2D eigenvalue weighted by Gasteiger charge is 2.33. The van der Waals surface area contributed by atoms with Crippen molar-refractivity contribution in [2.24, 2.45) is 0 Å². The molecular formula is C16H10F3N3O3S. The van der Waals surface area contributed by atoms with Crippen LogP contribution >= 0.6 is 11.8 Å². The molecule has 0 aliphatic rings. The zero-order chi connectivity index (χ0) is 18.7.